The molecule has 2 unspecified atom stereocenters. The van der Waals surface area contributed by atoms with Gasteiger partial charge in [0, 0.05) is 37.0 Å². The fourth-order valence-corrected chi connectivity index (χ4v) is 3.65. The van der Waals surface area contributed by atoms with Crippen molar-refractivity contribution in [1.82, 2.24) is 15.1 Å². The van der Waals surface area contributed by atoms with E-state index in [0.29, 0.717) is 0 Å². The first kappa shape index (κ1) is 11.2. The monoisotopic (exact) mass is 254 g/mol. The van der Waals surface area contributed by atoms with E-state index in [1.165, 1.54) is 23.9 Å². The van der Waals surface area contributed by atoms with Gasteiger partial charge in [0.25, 0.3) is 0 Å². The lowest BCUT2D eigenvalue weighted by molar-refractivity contribution is 0.387. The molecule has 2 aromatic rings. The highest BCUT2D eigenvalue weighted by Gasteiger charge is 2.39. The summed E-state index contributed by atoms with van der Waals surface area (Å²) in [5.41, 5.74) is 0. The summed E-state index contributed by atoms with van der Waals surface area (Å²) in [6, 6.07) is 8.40. The van der Waals surface area contributed by atoms with Crippen molar-refractivity contribution in [3.05, 3.63) is 30.5 Å². The largest absolute Gasteiger partial charge is 0.354 e. The summed E-state index contributed by atoms with van der Waals surface area (Å²) < 4.78 is 0. The Labute approximate surface area is 113 Å². The summed E-state index contributed by atoms with van der Waals surface area (Å²) in [5.74, 6) is 2.66. The van der Waals surface area contributed by atoms with Crippen LogP contribution in [0.2, 0.25) is 0 Å². The molecule has 2 aliphatic heterocycles. The third kappa shape index (κ3) is 1.78. The van der Waals surface area contributed by atoms with Gasteiger partial charge in [-0.25, -0.2) is 0 Å². The molecule has 4 nitrogen and oxygen atoms in total. The van der Waals surface area contributed by atoms with Crippen molar-refractivity contribution >= 4 is 16.6 Å². The molecule has 0 N–H and O–H groups in total. The number of fused-ring (bicyclic) bond motifs is 2. The number of hydrogen-bond acceptors (Lipinski definition) is 4. The predicted molar refractivity (Wildman–Crippen MR) is 76.2 cm³/mol. The fraction of sp³-hybridized carbons (Fsp3) is 0.467. The third-order valence-corrected chi connectivity index (χ3v) is 4.52. The Balaban J connectivity index is 1.69. The molecular weight excluding hydrogens is 236 g/mol. The highest BCUT2D eigenvalue weighted by molar-refractivity contribution is 5.91. The van der Waals surface area contributed by atoms with Crippen molar-refractivity contribution in [3.8, 4) is 0 Å². The van der Waals surface area contributed by atoms with Crippen LogP contribution in [0.5, 0.6) is 0 Å². The van der Waals surface area contributed by atoms with Gasteiger partial charge in [-0.3, -0.25) is 0 Å². The van der Waals surface area contributed by atoms with Crippen molar-refractivity contribution in [1.29, 1.82) is 0 Å². The van der Waals surface area contributed by atoms with E-state index in [0.717, 1.165) is 30.7 Å². The maximum Gasteiger partial charge on any atom is 0.159 e. The lowest BCUT2D eigenvalue weighted by Crippen LogP contribution is -2.27. The van der Waals surface area contributed by atoms with E-state index in [-0.39, 0.29) is 0 Å². The van der Waals surface area contributed by atoms with Crippen molar-refractivity contribution in [2.45, 2.75) is 0 Å². The summed E-state index contributed by atoms with van der Waals surface area (Å²) in [4.78, 5) is 4.87. The standard InChI is InChI=1S/C15H18N4/c1-18-7-12-9-19(10-13(12)8-18)15-14-5-3-2-4-11(14)6-16-17-15/h2-6,12-13H,7-10H2,1H3. The number of nitrogens with zero attached hydrogens (tertiary/aromatic N) is 4. The first-order valence-electron chi connectivity index (χ1n) is 6.95. The minimum atomic E-state index is 0.797. The van der Waals surface area contributed by atoms with Crippen molar-refractivity contribution in [2.75, 3.05) is 38.1 Å². The molecule has 1 aromatic carbocycles. The minimum absolute atomic E-state index is 0.797. The topological polar surface area (TPSA) is 32.3 Å². The van der Waals surface area contributed by atoms with Gasteiger partial charge in [0.05, 0.1) is 6.20 Å². The van der Waals surface area contributed by atoms with Gasteiger partial charge in [0.2, 0.25) is 0 Å². The van der Waals surface area contributed by atoms with E-state index in [9.17, 15) is 0 Å². The Morgan fingerprint density at radius 1 is 1.05 bits per heavy atom. The number of benzene rings is 1. The number of hydrogen-bond donors (Lipinski definition) is 0. The smallest absolute Gasteiger partial charge is 0.159 e. The van der Waals surface area contributed by atoms with Crippen molar-refractivity contribution < 1.29 is 0 Å². The lowest BCUT2D eigenvalue weighted by atomic mass is 10.0. The Morgan fingerprint density at radius 3 is 2.58 bits per heavy atom. The zero-order valence-corrected chi connectivity index (χ0v) is 11.2. The van der Waals surface area contributed by atoms with Crippen LogP contribution in [-0.4, -0.2) is 48.3 Å². The molecule has 2 atom stereocenters. The summed E-state index contributed by atoms with van der Waals surface area (Å²) in [6.07, 6.45) is 1.85. The minimum Gasteiger partial charge on any atom is -0.354 e. The summed E-state index contributed by atoms with van der Waals surface area (Å²) >= 11 is 0. The Bertz CT molecular complexity index is 593. The van der Waals surface area contributed by atoms with Crippen LogP contribution in [-0.2, 0) is 0 Å². The maximum atomic E-state index is 4.40. The second-order valence-electron chi connectivity index (χ2n) is 5.90. The first-order chi connectivity index (χ1) is 9.31. The first-order valence-corrected chi connectivity index (χ1v) is 6.95. The zero-order valence-electron chi connectivity index (χ0n) is 11.2. The number of aromatic nitrogens is 2. The Kier molecular flexibility index (Phi) is 2.45. The van der Waals surface area contributed by atoms with Gasteiger partial charge in [0.1, 0.15) is 0 Å². The lowest BCUT2D eigenvalue weighted by Gasteiger charge is -2.21. The van der Waals surface area contributed by atoms with E-state index in [4.69, 9.17) is 0 Å². The van der Waals surface area contributed by atoms with Crippen LogP contribution >= 0.6 is 0 Å². The zero-order chi connectivity index (χ0) is 12.8. The highest BCUT2D eigenvalue weighted by atomic mass is 15.3. The van der Waals surface area contributed by atoms with Crippen LogP contribution in [0.4, 0.5) is 5.82 Å². The van der Waals surface area contributed by atoms with Crippen LogP contribution in [0.3, 0.4) is 0 Å². The molecule has 0 saturated carbocycles. The molecule has 2 aliphatic rings. The molecule has 1 aromatic heterocycles. The van der Waals surface area contributed by atoms with Gasteiger partial charge in [-0.05, 0) is 18.9 Å². The van der Waals surface area contributed by atoms with E-state index in [1.54, 1.807) is 0 Å². The maximum absolute atomic E-state index is 4.40. The molecular formula is C15H18N4. The summed E-state index contributed by atoms with van der Waals surface area (Å²) in [5, 5.41) is 11.0. The van der Waals surface area contributed by atoms with E-state index in [1.807, 2.05) is 6.20 Å². The second-order valence-corrected chi connectivity index (χ2v) is 5.90. The summed E-state index contributed by atoms with van der Waals surface area (Å²) in [7, 11) is 2.22. The van der Waals surface area contributed by atoms with Crippen LogP contribution in [0.1, 0.15) is 0 Å². The second kappa shape index (κ2) is 4.17. The van der Waals surface area contributed by atoms with Gasteiger partial charge in [0.15, 0.2) is 5.82 Å². The van der Waals surface area contributed by atoms with Crippen molar-refractivity contribution in [3.63, 3.8) is 0 Å². The van der Waals surface area contributed by atoms with Gasteiger partial charge < -0.3 is 9.80 Å². The van der Waals surface area contributed by atoms with Crippen molar-refractivity contribution in [2.24, 2.45) is 11.8 Å². The molecule has 0 spiro atoms. The van der Waals surface area contributed by atoms with Gasteiger partial charge in [-0.2, -0.15) is 5.10 Å². The molecule has 0 radical (unpaired) electrons. The number of rotatable bonds is 1. The van der Waals surface area contributed by atoms with Crippen LogP contribution in [0.15, 0.2) is 30.5 Å². The Morgan fingerprint density at radius 2 is 1.79 bits per heavy atom. The SMILES string of the molecule is CN1CC2CN(c3nncc4ccccc34)CC2C1. The molecule has 0 amide bonds. The van der Waals surface area contributed by atoms with Crippen LogP contribution in [0, 0.1) is 11.8 Å². The quantitative estimate of drug-likeness (QED) is 0.774. The van der Waals surface area contributed by atoms with E-state index < -0.39 is 0 Å². The van der Waals surface area contributed by atoms with Gasteiger partial charge >= 0.3 is 0 Å². The Hall–Kier alpha value is -1.68. The molecule has 4 rings (SSSR count). The number of anilines is 1. The van der Waals surface area contributed by atoms with Gasteiger partial charge in [-0.1, -0.05) is 24.3 Å². The van der Waals surface area contributed by atoms with Gasteiger partial charge in [-0.15, -0.1) is 5.10 Å². The molecule has 2 fully saturated rings. The molecule has 2 saturated heterocycles. The molecule has 4 heteroatoms. The third-order valence-electron chi connectivity index (χ3n) is 4.52. The highest BCUT2D eigenvalue weighted by Crippen LogP contribution is 2.34. The average Bonchev–Trinajstić information content (AvgIpc) is 2.95. The molecule has 19 heavy (non-hydrogen) atoms. The fourth-order valence-electron chi connectivity index (χ4n) is 3.65. The average molecular weight is 254 g/mol. The molecule has 0 aliphatic carbocycles. The normalized spacial score (nSPS) is 27.1. The molecule has 3 heterocycles. The van der Waals surface area contributed by atoms with E-state index in [2.05, 4.69) is 51.3 Å². The van der Waals surface area contributed by atoms with Crippen LogP contribution < -0.4 is 4.90 Å². The number of likely N-dealkylation sites (tertiary alicyclic amines) is 1. The molecule has 0 bridgehead atoms. The molecule has 98 valence electrons. The van der Waals surface area contributed by atoms with Crippen LogP contribution in [0.25, 0.3) is 10.8 Å². The van der Waals surface area contributed by atoms with E-state index >= 15 is 0 Å². The predicted octanol–water partition coefficient (Wildman–Crippen LogP) is 1.63. The summed E-state index contributed by atoms with van der Waals surface area (Å²) in [6.45, 7) is 4.69.